The summed E-state index contributed by atoms with van der Waals surface area (Å²) in [5.74, 6) is 1.38. The molecule has 156 valence electrons. The fourth-order valence-corrected chi connectivity index (χ4v) is 4.31. The highest BCUT2D eigenvalue weighted by Crippen LogP contribution is 2.40. The number of ether oxygens (including phenoxy) is 1. The zero-order chi connectivity index (χ0) is 21.4. The van der Waals surface area contributed by atoms with Crippen LogP contribution in [0, 0.1) is 5.41 Å². The van der Waals surface area contributed by atoms with E-state index in [4.69, 9.17) is 9.72 Å². The van der Waals surface area contributed by atoms with E-state index < -0.39 is 0 Å². The van der Waals surface area contributed by atoms with Gasteiger partial charge in [0.2, 0.25) is 0 Å². The number of amides is 1. The van der Waals surface area contributed by atoms with E-state index >= 15 is 0 Å². The SMILES string of the molecule is CC1(C)Cc2nc(-c3ccncc3)ncc2[C@H](NC(=O)C2=Cc3ccccc3OC2)C1. The molecule has 0 bridgehead atoms. The van der Waals surface area contributed by atoms with Crippen LogP contribution in [0.15, 0.2) is 60.6 Å². The minimum Gasteiger partial charge on any atom is -0.488 e. The molecule has 0 radical (unpaired) electrons. The Morgan fingerprint density at radius 3 is 2.81 bits per heavy atom. The number of benzene rings is 1. The van der Waals surface area contributed by atoms with Gasteiger partial charge in [0, 0.05) is 35.3 Å². The minimum atomic E-state index is -0.143. The lowest BCUT2D eigenvalue weighted by Crippen LogP contribution is -2.38. The molecule has 0 unspecified atom stereocenters. The number of hydrogen-bond acceptors (Lipinski definition) is 5. The largest absolute Gasteiger partial charge is 0.488 e. The van der Waals surface area contributed by atoms with Crippen molar-refractivity contribution in [3.8, 4) is 17.1 Å². The van der Waals surface area contributed by atoms with E-state index in [2.05, 4.69) is 29.1 Å². The van der Waals surface area contributed by atoms with Crippen molar-refractivity contribution in [3.63, 3.8) is 0 Å². The van der Waals surface area contributed by atoms with Gasteiger partial charge in [0.1, 0.15) is 12.4 Å². The molecule has 0 spiro atoms. The maximum absolute atomic E-state index is 13.1. The van der Waals surface area contributed by atoms with Crippen LogP contribution in [-0.2, 0) is 11.2 Å². The standard InChI is InChI=1S/C25H24N4O2/c1-25(2)12-20-19(14-27-23(28-20)16-7-9-26-10-8-16)21(13-25)29-24(30)18-11-17-5-3-4-6-22(17)31-15-18/h3-11,14,21H,12-13,15H2,1-2H3,(H,29,30)/t21-/m1/s1. The quantitative estimate of drug-likeness (QED) is 0.699. The number of pyridine rings is 1. The first kappa shape index (κ1) is 19.4. The highest BCUT2D eigenvalue weighted by molar-refractivity contribution is 5.99. The lowest BCUT2D eigenvalue weighted by molar-refractivity contribution is -0.118. The van der Waals surface area contributed by atoms with Gasteiger partial charge < -0.3 is 10.1 Å². The molecule has 6 nitrogen and oxygen atoms in total. The van der Waals surface area contributed by atoms with Crippen LogP contribution in [0.25, 0.3) is 17.5 Å². The summed E-state index contributed by atoms with van der Waals surface area (Å²) in [6.07, 6.45) is 8.92. The molecule has 0 saturated carbocycles. The second kappa shape index (κ2) is 7.61. The average Bonchev–Trinajstić information content (AvgIpc) is 2.78. The predicted molar refractivity (Wildman–Crippen MR) is 118 cm³/mol. The van der Waals surface area contributed by atoms with Crippen LogP contribution in [0.4, 0.5) is 0 Å². The first-order valence-electron chi connectivity index (χ1n) is 10.5. The summed E-state index contributed by atoms with van der Waals surface area (Å²) in [5, 5.41) is 3.21. The second-order valence-electron chi connectivity index (χ2n) is 8.90. The Balaban J connectivity index is 1.43. The van der Waals surface area contributed by atoms with Gasteiger partial charge in [-0.25, -0.2) is 9.97 Å². The molecule has 6 heteroatoms. The van der Waals surface area contributed by atoms with Crippen LogP contribution >= 0.6 is 0 Å². The van der Waals surface area contributed by atoms with Crippen LogP contribution in [-0.4, -0.2) is 27.5 Å². The normalized spacial score (nSPS) is 18.8. The summed E-state index contributed by atoms with van der Waals surface area (Å²) >= 11 is 0. The summed E-state index contributed by atoms with van der Waals surface area (Å²) in [4.78, 5) is 26.6. The maximum Gasteiger partial charge on any atom is 0.251 e. The Kier molecular flexibility index (Phi) is 4.77. The molecular weight excluding hydrogens is 388 g/mol. The van der Waals surface area contributed by atoms with Crippen molar-refractivity contribution < 1.29 is 9.53 Å². The van der Waals surface area contributed by atoms with Gasteiger partial charge in [-0.05, 0) is 42.5 Å². The van der Waals surface area contributed by atoms with E-state index in [-0.39, 0.29) is 24.0 Å². The summed E-state index contributed by atoms with van der Waals surface area (Å²) in [6, 6.07) is 11.4. The molecule has 2 aliphatic rings. The number of hydrogen-bond donors (Lipinski definition) is 1. The lowest BCUT2D eigenvalue weighted by Gasteiger charge is -2.36. The summed E-state index contributed by atoms with van der Waals surface area (Å²) in [7, 11) is 0. The molecule has 5 rings (SSSR count). The maximum atomic E-state index is 13.1. The third-order valence-corrected chi connectivity index (χ3v) is 5.85. The summed E-state index contributed by atoms with van der Waals surface area (Å²) in [6.45, 7) is 4.69. The van der Waals surface area contributed by atoms with Crippen LogP contribution in [0.2, 0.25) is 0 Å². The Hall–Kier alpha value is -3.54. The number of nitrogens with one attached hydrogen (secondary N) is 1. The fourth-order valence-electron chi connectivity index (χ4n) is 4.31. The van der Waals surface area contributed by atoms with Crippen LogP contribution in [0.1, 0.15) is 43.1 Å². The van der Waals surface area contributed by atoms with Gasteiger partial charge in [-0.15, -0.1) is 0 Å². The molecule has 3 aromatic rings. The van der Waals surface area contributed by atoms with Gasteiger partial charge in [0.15, 0.2) is 5.82 Å². The molecule has 1 N–H and O–H groups in total. The number of fused-ring (bicyclic) bond motifs is 2. The van der Waals surface area contributed by atoms with Crippen molar-refractivity contribution in [1.82, 2.24) is 20.3 Å². The average molecular weight is 412 g/mol. The monoisotopic (exact) mass is 412 g/mol. The smallest absolute Gasteiger partial charge is 0.251 e. The number of rotatable bonds is 3. The van der Waals surface area contributed by atoms with Crippen molar-refractivity contribution in [2.75, 3.05) is 6.61 Å². The molecule has 0 fully saturated rings. The highest BCUT2D eigenvalue weighted by Gasteiger charge is 2.35. The Labute approximate surface area is 181 Å². The minimum absolute atomic E-state index is 0.0128. The van der Waals surface area contributed by atoms with E-state index in [1.165, 1.54) is 0 Å². The van der Waals surface area contributed by atoms with Crippen molar-refractivity contribution >= 4 is 12.0 Å². The first-order chi connectivity index (χ1) is 15.0. The lowest BCUT2D eigenvalue weighted by atomic mass is 9.74. The Morgan fingerprint density at radius 2 is 1.97 bits per heavy atom. The van der Waals surface area contributed by atoms with Gasteiger partial charge in [-0.1, -0.05) is 32.0 Å². The van der Waals surface area contributed by atoms with Crippen molar-refractivity contribution in [2.45, 2.75) is 32.7 Å². The molecule has 3 heterocycles. The number of para-hydroxylation sites is 1. The van der Waals surface area contributed by atoms with Crippen molar-refractivity contribution in [2.24, 2.45) is 5.41 Å². The number of aromatic nitrogens is 3. The van der Waals surface area contributed by atoms with Gasteiger partial charge in [-0.3, -0.25) is 9.78 Å². The van der Waals surface area contributed by atoms with E-state index in [0.29, 0.717) is 11.4 Å². The molecule has 2 aromatic heterocycles. The van der Waals surface area contributed by atoms with Crippen LogP contribution in [0.3, 0.4) is 0 Å². The van der Waals surface area contributed by atoms with E-state index in [1.807, 2.05) is 48.7 Å². The third kappa shape index (κ3) is 3.93. The number of nitrogens with zero attached hydrogens (tertiary/aromatic N) is 3. The van der Waals surface area contributed by atoms with Crippen LogP contribution < -0.4 is 10.1 Å². The molecule has 1 atom stereocenters. The molecular formula is C25H24N4O2. The topological polar surface area (TPSA) is 77.0 Å². The van der Waals surface area contributed by atoms with Gasteiger partial charge in [0.05, 0.1) is 17.3 Å². The fraction of sp³-hybridized carbons (Fsp3) is 0.280. The zero-order valence-electron chi connectivity index (χ0n) is 17.6. The number of carbonyl (C=O) groups excluding carboxylic acids is 1. The van der Waals surface area contributed by atoms with E-state index in [1.54, 1.807) is 12.4 Å². The molecule has 1 amide bonds. The predicted octanol–water partition coefficient (Wildman–Crippen LogP) is 4.14. The van der Waals surface area contributed by atoms with E-state index in [9.17, 15) is 4.79 Å². The number of carbonyl (C=O) groups is 1. The van der Waals surface area contributed by atoms with Crippen molar-refractivity contribution in [3.05, 3.63) is 77.4 Å². The third-order valence-electron chi connectivity index (χ3n) is 5.85. The van der Waals surface area contributed by atoms with Crippen molar-refractivity contribution in [1.29, 1.82) is 0 Å². The molecule has 1 aliphatic heterocycles. The Bertz CT molecular complexity index is 1170. The molecule has 0 saturated heterocycles. The zero-order valence-corrected chi connectivity index (χ0v) is 17.6. The molecule has 31 heavy (non-hydrogen) atoms. The van der Waals surface area contributed by atoms with Gasteiger partial charge in [0.25, 0.3) is 5.91 Å². The highest BCUT2D eigenvalue weighted by atomic mass is 16.5. The second-order valence-corrected chi connectivity index (χ2v) is 8.90. The summed E-state index contributed by atoms with van der Waals surface area (Å²) < 4.78 is 5.76. The van der Waals surface area contributed by atoms with Gasteiger partial charge >= 0.3 is 0 Å². The van der Waals surface area contributed by atoms with Crippen LogP contribution in [0.5, 0.6) is 5.75 Å². The van der Waals surface area contributed by atoms with E-state index in [0.717, 1.165) is 41.0 Å². The molecule has 1 aromatic carbocycles. The first-order valence-corrected chi connectivity index (χ1v) is 10.5. The molecule has 1 aliphatic carbocycles. The summed E-state index contributed by atoms with van der Waals surface area (Å²) in [5.41, 5.74) is 4.47. The Morgan fingerprint density at radius 1 is 1.16 bits per heavy atom. The van der Waals surface area contributed by atoms with Gasteiger partial charge in [-0.2, -0.15) is 0 Å².